The Bertz CT molecular complexity index is 862. The zero-order chi connectivity index (χ0) is 19.9. The molecule has 5 nitrogen and oxygen atoms in total. The van der Waals surface area contributed by atoms with E-state index in [0.29, 0.717) is 36.9 Å². The molecule has 7 heteroatoms. The Morgan fingerprint density at radius 3 is 2.46 bits per heavy atom. The van der Waals surface area contributed by atoms with Gasteiger partial charge in [-0.3, -0.25) is 14.5 Å². The maximum atomic E-state index is 13.2. The van der Waals surface area contributed by atoms with Crippen molar-refractivity contribution in [1.29, 1.82) is 0 Å². The average Bonchev–Trinajstić information content (AvgIpc) is 2.68. The summed E-state index contributed by atoms with van der Waals surface area (Å²) in [6, 6.07) is 13.0. The summed E-state index contributed by atoms with van der Waals surface area (Å²) in [7, 11) is 0. The van der Waals surface area contributed by atoms with Gasteiger partial charge in [0.05, 0.1) is 6.54 Å². The molecule has 0 aliphatic carbocycles. The highest BCUT2D eigenvalue weighted by atomic mass is 35.5. The molecule has 28 heavy (non-hydrogen) atoms. The number of piperazine rings is 1. The molecule has 2 aromatic carbocycles. The van der Waals surface area contributed by atoms with Crippen LogP contribution in [0.2, 0.25) is 5.02 Å². The van der Waals surface area contributed by atoms with Crippen LogP contribution in [0, 0.1) is 5.82 Å². The highest BCUT2D eigenvalue weighted by Gasteiger charge is 2.21. The summed E-state index contributed by atoms with van der Waals surface area (Å²) in [4.78, 5) is 28.2. The molecule has 0 bridgehead atoms. The van der Waals surface area contributed by atoms with Crippen LogP contribution in [0.5, 0.6) is 0 Å². The fraction of sp³-hybridized carbons (Fsp3) is 0.238. The van der Waals surface area contributed by atoms with Crippen molar-refractivity contribution in [2.75, 3.05) is 38.0 Å². The minimum atomic E-state index is -0.392. The Labute approximate surface area is 168 Å². The average molecular weight is 402 g/mol. The zero-order valence-corrected chi connectivity index (χ0v) is 16.0. The quantitative estimate of drug-likeness (QED) is 0.782. The van der Waals surface area contributed by atoms with Crippen molar-refractivity contribution in [3.05, 3.63) is 71.0 Å². The summed E-state index contributed by atoms with van der Waals surface area (Å²) >= 11 is 5.85. The summed E-state index contributed by atoms with van der Waals surface area (Å²) in [5.74, 6) is -0.650. The molecular weight excluding hydrogens is 381 g/mol. The molecule has 0 spiro atoms. The Kier molecular flexibility index (Phi) is 6.79. The van der Waals surface area contributed by atoms with Gasteiger partial charge in [0, 0.05) is 43.0 Å². The Balaban J connectivity index is 1.44. The lowest BCUT2D eigenvalue weighted by atomic mass is 10.2. The van der Waals surface area contributed by atoms with Gasteiger partial charge >= 0.3 is 0 Å². The maximum Gasteiger partial charge on any atom is 0.246 e. The minimum Gasteiger partial charge on any atom is -0.337 e. The van der Waals surface area contributed by atoms with Crippen LogP contribution in [-0.4, -0.2) is 54.3 Å². The number of amides is 2. The molecule has 1 heterocycles. The Morgan fingerprint density at radius 1 is 1.07 bits per heavy atom. The van der Waals surface area contributed by atoms with Gasteiger partial charge in [-0.15, -0.1) is 0 Å². The van der Waals surface area contributed by atoms with Gasteiger partial charge in [0.25, 0.3) is 0 Å². The highest BCUT2D eigenvalue weighted by molar-refractivity contribution is 6.30. The van der Waals surface area contributed by atoms with Crippen molar-refractivity contribution in [3.63, 3.8) is 0 Å². The summed E-state index contributed by atoms with van der Waals surface area (Å²) in [6.07, 6.45) is 3.31. The molecule has 0 saturated carbocycles. The minimum absolute atomic E-state index is 0.0567. The van der Waals surface area contributed by atoms with Gasteiger partial charge in [0.2, 0.25) is 11.8 Å². The second-order valence-corrected chi connectivity index (χ2v) is 6.98. The molecule has 2 aromatic rings. The third-order valence-corrected chi connectivity index (χ3v) is 4.70. The van der Waals surface area contributed by atoms with Crippen LogP contribution in [-0.2, 0) is 9.59 Å². The topological polar surface area (TPSA) is 52.7 Å². The van der Waals surface area contributed by atoms with Crippen LogP contribution in [0.1, 0.15) is 5.56 Å². The van der Waals surface area contributed by atoms with E-state index >= 15 is 0 Å². The third-order valence-electron chi connectivity index (χ3n) is 4.45. The summed E-state index contributed by atoms with van der Waals surface area (Å²) < 4.78 is 13.2. The monoisotopic (exact) mass is 401 g/mol. The first kappa shape index (κ1) is 20.0. The number of nitrogens with zero attached hydrogens (tertiary/aromatic N) is 2. The van der Waals surface area contributed by atoms with Crippen molar-refractivity contribution >= 4 is 35.2 Å². The van der Waals surface area contributed by atoms with E-state index in [9.17, 15) is 14.0 Å². The van der Waals surface area contributed by atoms with Gasteiger partial charge in [-0.1, -0.05) is 29.8 Å². The van der Waals surface area contributed by atoms with E-state index < -0.39 is 5.82 Å². The van der Waals surface area contributed by atoms with Crippen molar-refractivity contribution in [1.82, 2.24) is 9.80 Å². The van der Waals surface area contributed by atoms with Gasteiger partial charge in [0.1, 0.15) is 5.82 Å². The molecule has 1 aliphatic heterocycles. The predicted octanol–water partition coefficient (Wildman–Crippen LogP) is 3.28. The molecule has 0 radical (unpaired) electrons. The fourth-order valence-corrected chi connectivity index (χ4v) is 3.07. The van der Waals surface area contributed by atoms with Gasteiger partial charge in [-0.25, -0.2) is 4.39 Å². The summed E-state index contributed by atoms with van der Waals surface area (Å²) in [5, 5.41) is 3.34. The lowest BCUT2D eigenvalue weighted by Crippen LogP contribution is -2.50. The second-order valence-electron chi connectivity index (χ2n) is 6.54. The summed E-state index contributed by atoms with van der Waals surface area (Å²) in [6.45, 7) is 2.53. The molecule has 1 fully saturated rings. The molecular formula is C21H21ClFN3O2. The van der Waals surface area contributed by atoms with Gasteiger partial charge < -0.3 is 10.2 Å². The normalized spacial score (nSPS) is 15.0. The molecule has 0 aromatic heterocycles. The lowest BCUT2D eigenvalue weighted by Gasteiger charge is -2.33. The number of carbonyl (C=O) groups is 2. The van der Waals surface area contributed by atoms with Gasteiger partial charge in [-0.2, -0.15) is 0 Å². The first-order valence-corrected chi connectivity index (χ1v) is 9.38. The van der Waals surface area contributed by atoms with Crippen molar-refractivity contribution in [2.24, 2.45) is 0 Å². The van der Waals surface area contributed by atoms with Crippen molar-refractivity contribution < 1.29 is 14.0 Å². The van der Waals surface area contributed by atoms with Gasteiger partial charge in [0.15, 0.2) is 0 Å². The number of hydrogen-bond donors (Lipinski definition) is 1. The van der Waals surface area contributed by atoms with Crippen LogP contribution in [0.3, 0.4) is 0 Å². The van der Waals surface area contributed by atoms with E-state index in [2.05, 4.69) is 5.32 Å². The van der Waals surface area contributed by atoms with E-state index in [1.165, 1.54) is 12.1 Å². The van der Waals surface area contributed by atoms with Crippen LogP contribution in [0.15, 0.2) is 54.6 Å². The lowest BCUT2D eigenvalue weighted by molar-refractivity contribution is -0.127. The Hall–Kier alpha value is -2.70. The van der Waals surface area contributed by atoms with Crippen LogP contribution in [0.25, 0.3) is 6.08 Å². The standard InChI is InChI=1S/C21H21ClFN3O2/c22-17-7-4-16(5-8-17)6-9-21(28)26-12-10-25(11-13-26)15-20(27)24-19-3-1-2-18(23)14-19/h1-9,14H,10-13,15H2,(H,24,27)/b9-6+. The number of nitrogens with one attached hydrogen (secondary N) is 1. The molecule has 0 atom stereocenters. The number of anilines is 1. The zero-order valence-electron chi connectivity index (χ0n) is 15.3. The fourth-order valence-electron chi connectivity index (χ4n) is 2.94. The van der Waals surface area contributed by atoms with Gasteiger partial charge in [-0.05, 0) is 42.0 Å². The molecule has 1 N–H and O–H groups in total. The summed E-state index contributed by atoms with van der Waals surface area (Å²) in [5.41, 5.74) is 1.34. The molecule has 2 amide bonds. The smallest absolute Gasteiger partial charge is 0.246 e. The van der Waals surface area contributed by atoms with Crippen LogP contribution in [0.4, 0.5) is 10.1 Å². The highest BCUT2D eigenvalue weighted by Crippen LogP contribution is 2.12. The molecule has 146 valence electrons. The third kappa shape index (κ3) is 5.90. The SMILES string of the molecule is O=C(CN1CCN(C(=O)/C=C/c2ccc(Cl)cc2)CC1)Nc1cccc(F)c1. The first-order valence-electron chi connectivity index (χ1n) is 9.00. The number of rotatable bonds is 5. The van der Waals surface area contributed by atoms with E-state index in [-0.39, 0.29) is 18.4 Å². The largest absolute Gasteiger partial charge is 0.337 e. The second kappa shape index (κ2) is 9.48. The predicted molar refractivity (Wildman–Crippen MR) is 109 cm³/mol. The molecule has 0 unspecified atom stereocenters. The number of halogens is 2. The number of benzene rings is 2. The van der Waals surface area contributed by atoms with E-state index in [1.54, 1.807) is 41.3 Å². The first-order chi connectivity index (χ1) is 13.5. The molecule has 1 saturated heterocycles. The number of carbonyl (C=O) groups excluding carboxylic acids is 2. The Morgan fingerprint density at radius 2 is 1.79 bits per heavy atom. The number of hydrogen-bond acceptors (Lipinski definition) is 3. The van der Waals surface area contributed by atoms with E-state index in [1.807, 2.05) is 17.0 Å². The molecule has 3 rings (SSSR count). The van der Waals surface area contributed by atoms with Crippen LogP contribution >= 0.6 is 11.6 Å². The van der Waals surface area contributed by atoms with Crippen LogP contribution < -0.4 is 5.32 Å². The van der Waals surface area contributed by atoms with Crippen molar-refractivity contribution in [2.45, 2.75) is 0 Å². The van der Waals surface area contributed by atoms with E-state index in [4.69, 9.17) is 11.6 Å². The maximum absolute atomic E-state index is 13.2. The van der Waals surface area contributed by atoms with Crippen molar-refractivity contribution in [3.8, 4) is 0 Å². The molecule has 1 aliphatic rings. The van der Waals surface area contributed by atoms with E-state index in [0.717, 1.165) is 5.56 Å².